The van der Waals surface area contributed by atoms with Gasteiger partial charge in [0.25, 0.3) is 0 Å². The molecule has 1 heterocycles. The summed E-state index contributed by atoms with van der Waals surface area (Å²) in [6.07, 6.45) is 3.48. The van der Waals surface area contributed by atoms with Crippen molar-refractivity contribution >= 4 is 26.2 Å². The van der Waals surface area contributed by atoms with E-state index in [4.69, 9.17) is 7.85 Å². The molecule has 0 spiro atoms. The molecule has 1 aromatic carbocycles. The lowest BCUT2D eigenvalue weighted by atomic mass is 10.0. The Morgan fingerprint density at radius 2 is 2.00 bits per heavy atom. The smallest absolute Gasteiger partial charge is 0.0737 e. The molecule has 0 saturated heterocycles. The Kier molecular flexibility index (Phi) is 2.78. The highest BCUT2D eigenvalue weighted by atomic mass is 32.1. The van der Waals surface area contributed by atoms with Crippen molar-refractivity contribution in [1.82, 2.24) is 0 Å². The summed E-state index contributed by atoms with van der Waals surface area (Å²) in [5.74, 6) is 0. The number of aliphatic imine (C=N–C) groups is 1. The molecule has 0 atom stereocenters. The van der Waals surface area contributed by atoms with E-state index in [0.29, 0.717) is 6.32 Å². The van der Waals surface area contributed by atoms with Crippen LogP contribution in [-0.2, 0) is 0 Å². The van der Waals surface area contributed by atoms with Crippen molar-refractivity contribution in [2.75, 3.05) is 0 Å². The van der Waals surface area contributed by atoms with E-state index in [2.05, 4.69) is 23.7 Å². The number of hydrogen-bond donors (Lipinski definition) is 1. The van der Waals surface area contributed by atoms with Gasteiger partial charge >= 0.3 is 0 Å². The molecule has 0 aliphatic carbocycles. The minimum absolute atomic E-state index is 0.522. The van der Waals surface area contributed by atoms with Crippen molar-refractivity contribution in [2.45, 2.75) is 17.6 Å². The number of allylic oxidation sites excluding steroid dienone is 2. The number of thiol groups is 1. The van der Waals surface area contributed by atoms with Crippen LogP contribution in [0.15, 0.2) is 45.9 Å². The van der Waals surface area contributed by atoms with E-state index in [9.17, 15) is 0 Å². The Labute approximate surface area is 90.8 Å². The Bertz CT molecular complexity index is 392. The highest BCUT2D eigenvalue weighted by Crippen LogP contribution is 2.19. The minimum atomic E-state index is 0.522. The van der Waals surface area contributed by atoms with Gasteiger partial charge in [0.05, 0.1) is 13.6 Å². The topological polar surface area (TPSA) is 12.4 Å². The molecule has 1 aliphatic rings. The number of hydrogen-bond acceptors (Lipinski definition) is 2. The monoisotopic (exact) mass is 199 g/mol. The van der Waals surface area contributed by atoms with Gasteiger partial charge in [0.15, 0.2) is 0 Å². The van der Waals surface area contributed by atoms with Crippen LogP contribution in [0.4, 0.5) is 0 Å². The van der Waals surface area contributed by atoms with Crippen LogP contribution >= 0.6 is 12.6 Å². The van der Waals surface area contributed by atoms with E-state index >= 15 is 0 Å². The molecule has 2 rings (SSSR count). The second kappa shape index (κ2) is 4.05. The maximum atomic E-state index is 5.51. The lowest BCUT2D eigenvalue weighted by Crippen LogP contribution is -1.95. The molecular formula is C11H10BNS. The zero-order chi connectivity index (χ0) is 9.97. The van der Waals surface area contributed by atoms with Crippen LogP contribution in [-0.4, -0.2) is 13.6 Å². The number of nitrogens with zero attached hydrogens (tertiary/aromatic N) is 1. The molecular weight excluding hydrogens is 189 g/mol. The molecule has 0 amide bonds. The summed E-state index contributed by atoms with van der Waals surface area (Å²) in [6.45, 7) is 0. The van der Waals surface area contributed by atoms with Crippen LogP contribution in [0.2, 0.25) is 6.32 Å². The van der Waals surface area contributed by atoms with Crippen molar-refractivity contribution in [1.29, 1.82) is 0 Å². The molecule has 68 valence electrons. The fourth-order valence-corrected chi connectivity index (χ4v) is 1.59. The summed E-state index contributed by atoms with van der Waals surface area (Å²) in [5.41, 5.74) is 3.23. The lowest BCUT2D eigenvalue weighted by molar-refractivity contribution is 1.32. The third kappa shape index (κ3) is 1.93. The highest BCUT2D eigenvalue weighted by molar-refractivity contribution is 7.80. The summed E-state index contributed by atoms with van der Waals surface area (Å²) >= 11 is 4.24. The second-order valence-corrected chi connectivity index (χ2v) is 3.73. The average Bonchev–Trinajstić information content (AvgIpc) is 2.67. The summed E-state index contributed by atoms with van der Waals surface area (Å²) in [5, 5.41) is 0. The van der Waals surface area contributed by atoms with Gasteiger partial charge in [0.2, 0.25) is 0 Å². The molecule has 14 heavy (non-hydrogen) atoms. The quantitative estimate of drug-likeness (QED) is 0.555. The SMILES string of the molecule is [B]CC1=CCC(c2ccc(S)cc2)=N1. The normalized spacial score (nSPS) is 15.2. The Morgan fingerprint density at radius 1 is 1.29 bits per heavy atom. The molecule has 1 aromatic rings. The standard InChI is InChI=1S/C11H10BNS/c12-7-9-3-6-11(13-9)8-1-4-10(14)5-2-8/h1-5,14H,6-7H2. The van der Waals surface area contributed by atoms with Gasteiger partial charge in [-0.2, -0.15) is 0 Å². The molecule has 0 unspecified atom stereocenters. The van der Waals surface area contributed by atoms with Crippen molar-refractivity contribution < 1.29 is 0 Å². The van der Waals surface area contributed by atoms with Crippen LogP contribution in [0.25, 0.3) is 0 Å². The Morgan fingerprint density at radius 3 is 2.57 bits per heavy atom. The average molecular weight is 199 g/mol. The lowest BCUT2D eigenvalue weighted by Gasteiger charge is -2.00. The van der Waals surface area contributed by atoms with Gasteiger partial charge in [-0.3, -0.25) is 4.99 Å². The van der Waals surface area contributed by atoms with E-state index in [-0.39, 0.29) is 0 Å². The summed E-state index contributed by atoms with van der Waals surface area (Å²) in [6, 6.07) is 8.02. The largest absolute Gasteiger partial charge is 0.258 e. The number of rotatable bonds is 2. The fourth-order valence-electron chi connectivity index (χ4n) is 1.44. The van der Waals surface area contributed by atoms with Gasteiger partial charge in [-0.25, -0.2) is 0 Å². The summed E-state index contributed by atoms with van der Waals surface area (Å²) < 4.78 is 0. The Balaban J connectivity index is 2.22. The van der Waals surface area contributed by atoms with Gasteiger partial charge in [-0.15, -0.1) is 12.6 Å². The first kappa shape index (κ1) is 9.59. The van der Waals surface area contributed by atoms with Crippen molar-refractivity contribution in [3.05, 3.63) is 41.6 Å². The van der Waals surface area contributed by atoms with Gasteiger partial charge < -0.3 is 0 Å². The van der Waals surface area contributed by atoms with Crippen molar-refractivity contribution in [3.63, 3.8) is 0 Å². The van der Waals surface area contributed by atoms with Crippen LogP contribution in [0.1, 0.15) is 12.0 Å². The first-order valence-corrected chi connectivity index (χ1v) is 5.00. The molecule has 3 heteroatoms. The summed E-state index contributed by atoms with van der Waals surface area (Å²) in [4.78, 5) is 5.41. The van der Waals surface area contributed by atoms with Crippen LogP contribution in [0.3, 0.4) is 0 Å². The maximum Gasteiger partial charge on any atom is 0.0737 e. The van der Waals surface area contributed by atoms with E-state index < -0.39 is 0 Å². The van der Waals surface area contributed by atoms with E-state index in [1.165, 1.54) is 0 Å². The predicted molar refractivity (Wildman–Crippen MR) is 63.5 cm³/mol. The van der Waals surface area contributed by atoms with E-state index in [1.807, 2.05) is 24.3 Å². The number of benzene rings is 1. The van der Waals surface area contributed by atoms with Gasteiger partial charge in [0, 0.05) is 17.0 Å². The Hall–Kier alpha value is -0.955. The van der Waals surface area contributed by atoms with Crippen LogP contribution in [0, 0.1) is 0 Å². The zero-order valence-corrected chi connectivity index (χ0v) is 8.67. The molecule has 0 saturated carbocycles. The molecule has 0 fully saturated rings. The van der Waals surface area contributed by atoms with E-state index in [0.717, 1.165) is 28.3 Å². The molecule has 0 bridgehead atoms. The molecule has 0 N–H and O–H groups in total. The van der Waals surface area contributed by atoms with E-state index in [1.54, 1.807) is 0 Å². The molecule has 1 aliphatic heterocycles. The first-order valence-electron chi connectivity index (χ1n) is 4.55. The second-order valence-electron chi connectivity index (χ2n) is 3.21. The highest BCUT2D eigenvalue weighted by Gasteiger charge is 2.08. The van der Waals surface area contributed by atoms with Crippen LogP contribution in [0.5, 0.6) is 0 Å². The fraction of sp³-hybridized carbons (Fsp3) is 0.182. The third-order valence-electron chi connectivity index (χ3n) is 2.22. The zero-order valence-electron chi connectivity index (χ0n) is 7.77. The van der Waals surface area contributed by atoms with Crippen molar-refractivity contribution in [3.8, 4) is 0 Å². The predicted octanol–water partition coefficient (Wildman–Crippen LogP) is 2.64. The molecule has 1 nitrogen and oxygen atoms in total. The van der Waals surface area contributed by atoms with Gasteiger partial charge in [0.1, 0.15) is 0 Å². The molecule has 0 aromatic heterocycles. The first-order chi connectivity index (χ1) is 6.79. The van der Waals surface area contributed by atoms with Crippen LogP contribution < -0.4 is 0 Å². The summed E-state index contributed by atoms with van der Waals surface area (Å²) in [7, 11) is 5.51. The molecule has 2 radical (unpaired) electrons. The minimum Gasteiger partial charge on any atom is -0.258 e. The third-order valence-corrected chi connectivity index (χ3v) is 2.52. The van der Waals surface area contributed by atoms with Gasteiger partial charge in [-0.1, -0.05) is 18.2 Å². The van der Waals surface area contributed by atoms with Crippen molar-refractivity contribution in [2.24, 2.45) is 4.99 Å². The van der Waals surface area contributed by atoms with Gasteiger partial charge in [-0.05, 0) is 24.0 Å². The maximum absolute atomic E-state index is 5.51.